The third kappa shape index (κ3) is 2.25. The van der Waals surface area contributed by atoms with Crippen molar-refractivity contribution in [1.29, 1.82) is 0 Å². The Bertz CT molecular complexity index is 754. The number of hydrogen-bond donors (Lipinski definition) is 0. The van der Waals surface area contributed by atoms with Gasteiger partial charge in [-0.3, -0.25) is 9.59 Å². The van der Waals surface area contributed by atoms with Crippen molar-refractivity contribution >= 4 is 11.7 Å². The Labute approximate surface area is 147 Å². The third-order valence-corrected chi connectivity index (χ3v) is 6.49. The maximum absolute atomic E-state index is 12.9. The summed E-state index contributed by atoms with van der Waals surface area (Å²) >= 11 is 0. The van der Waals surface area contributed by atoms with E-state index in [2.05, 4.69) is 0 Å². The number of ketones is 1. The number of nitrogens with zero attached hydrogens (tertiary/aromatic N) is 1. The average molecular weight is 341 g/mol. The maximum atomic E-state index is 12.9. The van der Waals surface area contributed by atoms with Gasteiger partial charge in [0.15, 0.2) is 5.78 Å². The number of aryl methyl sites for hydroxylation is 1. The van der Waals surface area contributed by atoms with Gasteiger partial charge in [0.2, 0.25) is 5.91 Å². The smallest absolute Gasteiger partial charge is 0.226 e. The molecule has 1 saturated heterocycles. The van der Waals surface area contributed by atoms with Crippen LogP contribution in [0.2, 0.25) is 0 Å². The lowest BCUT2D eigenvalue weighted by Crippen LogP contribution is -2.46. The molecular formula is C20H23NO4. The summed E-state index contributed by atoms with van der Waals surface area (Å²) in [6.07, 6.45) is 2.28. The molecule has 1 aromatic carbocycles. The van der Waals surface area contributed by atoms with Crippen LogP contribution in [0.3, 0.4) is 0 Å². The molecule has 0 aromatic heterocycles. The van der Waals surface area contributed by atoms with Crippen LogP contribution >= 0.6 is 0 Å². The van der Waals surface area contributed by atoms with Gasteiger partial charge in [-0.15, -0.1) is 0 Å². The van der Waals surface area contributed by atoms with Gasteiger partial charge >= 0.3 is 0 Å². The zero-order valence-electron chi connectivity index (χ0n) is 14.5. The van der Waals surface area contributed by atoms with E-state index < -0.39 is 5.60 Å². The number of amides is 1. The zero-order chi connectivity index (χ0) is 17.2. The van der Waals surface area contributed by atoms with Crippen LogP contribution in [0.5, 0.6) is 5.75 Å². The Hall–Kier alpha value is -1.88. The molecule has 5 heteroatoms. The van der Waals surface area contributed by atoms with Crippen LogP contribution in [0.4, 0.5) is 0 Å². The number of Topliss-reactive ketones (excluding diaryl/α,β-unsaturated/α-hetero) is 1. The monoisotopic (exact) mass is 341 g/mol. The van der Waals surface area contributed by atoms with E-state index in [9.17, 15) is 9.59 Å². The molecule has 0 bridgehead atoms. The van der Waals surface area contributed by atoms with E-state index in [0.717, 1.165) is 18.4 Å². The molecule has 2 aliphatic carbocycles. The van der Waals surface area contributed by atoms with Gasteiger partial charge in [0.1, 0.15) is 11.4 Å². The first-order valence-corrected chi connectivity index (χ1v) is 9.28. The normalized spacial score (nSPS) is 36.0. The molecule has 2 heterocycles. The molecule has 4 aliphatic rings. The van der Waals surface area contributed by atoms with Crippen LogP contribution in [0.15, 0.2) is 18.2 Å². The second-order valence-electron chi connectivity index (χ2n) is 7.96. The van der Waals surface area contributed by atoms with Crippen LogP contribution in [0, 0.1) is 24.7 Å². The molecule has 3 fully saturated rings. The quantitative estimate of drug-likeness (QED) is 0.786. The highest BCUT2D eigenvalue weighted by atomic mass is 16.5. The topological polar surface area (TPSA) is 55.8 Å². The standard InChI is InChI=1S/C20H23NO4/c1-12-2-3-16-14(10-12)15(22)11-20(25-16)5-4-13-17(18(13)20)19(23)21-6-8-24-9-7-21/h2-3,10,13,17-18H,4-9,11H2,1H3/t13-,17+,18+,20+/m1/s1. The van der Waals surface area contributed by atoms with E-state index in [1.165, 1.54) is 0 Å². The van der Waals surface area contributed by atoms with E-state index in [1.54, 1.807) is 0 Å². The van der Waals surface area contributed by atoms with Gasteiger partial charge in [-0.1, -0.05) is 11.6 Å². The Morgan fingerprint density at radius 2 is 2.08 bits per heavy atom. The third-order valence-electron chi connectivity index (χ3n) is 6.49. The SMILES string of the molecule is Cc1ccc2c(c1)C(=O)C[C@]1(CC[C@@H]3[C@H](C(=O)N4CCOCC4)[C@H]31)O2. The molecule has 25 heavy (non-hydrogen) atoms. The fraction of sp³-hybridized carbons (Fsp3) is 0.600. The predicted octanol–water partition coefficient (Wildman–Crippen LogP) is 2.21. The predicted molar refractivity (Wildman–Crippen MR) is 90.6 cm³/mol. The lowest BCUT2D eigenvalue weighted by Gasteiger charge is -2.37. The Morgan fingerprint density at radius 1 is 1.28 bits per heavy atom. The molecule has 2 aliphatic heterocycles. The maximum Gasteiger partial charge on any atom is 0.226 e. The Kier molecular flexibility index (Phi) is 3.26. The van der Waals surface area contributed by atoms with Crippen molar-refractivity contribution in [2.75, 3.05) is 26.3 Å². The number of morpholine rings is 1. The van der Waals surface area contributed by atoms with Crippen molar-refractivity contribution in [1.82, 2.24) is 4.90 Å². The highest BCUT2D eigenvalue weighted by molar-refractivity contribution is 6.01. The van der Waals surface area contributed by atoms with Crippen LogP contribution in [-0.2, 0) is 9.53 Å². The first kappa shape index (κ1) is 15.4. The number of carbonyl (C=O) groups excluding carboxylic acids is 2. The number of rotatable bonds is 1. The fourth-order valence-electron chi connectivity index (χ4n) is 5.26. The number of carbonyl (C=O) groups is 2. The van der Waals surface area contributed by atoms with E-state index >= 15 is 0 Å². The van der Waals surface area contributed by atoms with Crippen LogP contribution in [0.25, 0.3) is 0 Å². The van der Waals surface area contributed by atoms with Crippen molar-refractivity contribution in [3.63, 3.8) is 0 Å². The summed E-state index contributed by atoms with van der Waals surface area (Å²) in [6, 6.07) is 5.82. The number of fused-ring (bicyclic) bond motifs is 3. The van der Waals surface area contributed by atoms with Crippen LogP contribution in [-0.4, -0.2) is 48.5 Å². The fourth-order valence-corrected chi connectivity index (χ4v) is 5.26. The van der Waals surface area contributed by atoms with Gasteiger partial charge in [-0.25, -0.2) is 0 Å². The van der Waals surface area contributed by atoms with Gasteiger partial charge in [-0.05, 0) is 37.8 Å². The number of benzene rings is 1. The molecule has 2 saturated carbocycles. The summed E-state index contributed by atoms with van der Waals surface area (Å²) in [5.41, 5.74) is 1.31. The molecule has 1 spiro atoms. The zero-order valence-corrected chi connectivity index (χ0v) is 14.5. The summed E-state index contributed by atoms with van der Waals surface area (Å²) in [7, 11) is 0. The summed E-state index contributed by atoms with van der Waals surface area (Å²) in [5.74, 6) is 1.72. The minimum atomic E-state index is -0.462. The lowest BCUT2D eigenvalue weighted by atomic mass is 9.84. The van der Waals surface area contributed by atoms with Gasteiger partial charge in [0.25, 0.3) is 0 Å². The van der Waals surface area contributed by atoms with Crippen molar-refractivity contribution in [3.05, 3.63) is 29.3 Å². The molecule has 5 rings (SSSR count). The molecule has 0 N–H and O–H groups in total. The number of hydrogen-bond acceptors (Lipinski definition) is 4. The molecule has 4 atom stereocenters. The van der Waals surface area contributed by atoms with E-state index in [1.807, 2.05) is 30.0 Å². The lowest BCUT2D eigenvalue weighted by molar-refractivity contribution is -0.138. The van der Waals surface area contributed by atoms with Crippen LogP contribution < -0.4 is 4.74 Å². The molecule has 0 radical (unpaired) electrons. The second kappa shape index (κ2) is 5.31. The second-order valence-corrected chi connectivity index (χ2v) is 7.96. The first-order chi connectivity index (χ1) is 12.1. The highest BCUT2D eigenvalue weighted by Crippen LogP contribution is 2.66. The molecular weight excluding hydrogens is 318 g/mol. The van der Waals surface area contributed by atoms with E-state index in [0.29, 0.717) is 50.0 Å². The van der Waals surface area contributed by atoms with Crippen molar-refractivity contribution in [3.8, 4) is 5.75 Å². The van der Waals surface area contributed by atoms with Crippen LogP contribution in [0.1, 0.15) is 35.2 Å². The Balaban J connectivity index is 1.39. The Morgan fingerprint density at radius 3 is 2.88 bits per heavy atom. The summed E-state index contributed by atoms with van der Waals surface area (Å²) in [5, 5.41) is 0. The molecule has 1 aromatic rings. The largest absolute Gasteiger partial charge is 0.486 e. The van der Waals surface area contributed by atoms with E-state index in [-0.39, 0.29) is 23.5 Å². The molecule has 0 unspecified atom stereocenters. The molecule has 5 nitrogen and oxygen atoms in total. The minimum Gasteiger partial charge on any atom is -0.486 e. The summed E-state index contributed by atoms with van der Waals surface area (Å²) in [4.78, 5) is 27.6. The van der Waals surface area contributed by atoms with Gasteiger partial charge < -0.3 is 14.4 Å². The summed E-state index contributed by atoms with van der Waals surface area (Å²) < 4.78 is 11.8. The highest BCUT2D eigenvalue weighted by Gasteiger charge is 2.71. The minimum absolute atomic E-state index is 0.0339. The van der Waals surface area contributed by atoms with E-state index in [4.69, 9.17) is 9.47 Å². The van der Waals surface area contributed by atoms with Crippen molar-refractivity contribution < 1.29 is 19.1 Å². The van der Waals surface area contributed by atoms with Crippen molar-refractivity contribution in [2.45, 2.75) is 31.8 Å². The number of ether oxygens (including phenoxy) is 2. The van der Waals surface area contributed by atoms with Crippen molar-refractivity contribution in [2.24, 2.45) is 17.8 Å². The molecule has 1 amide bonds. The van der Waals surface area contributed by atoms with Gasteiger partial charge in [0, 0.05) is 24.9 Å². The molecule has 132 valence electrons. The average Bonchev–Trinajstić information content (AvgIpc) is 3.27. The van der Waals surface area contributed by atoms with Gasteiger partial charge in [-0.2, -0.15) is 0 Å². The van der Waals surface area contributed by atoms with Gasteiger partial charge in [0.05, 0.1) is 25.2 Å². The first-order valence-electron chi connectivity index (χ1n) is 9.28. The summed E-state index contributed by atoms with van der Waals surface area (Å²) in [6.45, 7) is 4.61.